The number of hydrogen-bond acceptors (Lipinski definition) is 6. The zero-order valence-electron chi connectivity index (χ0n) is 14.4. The second-order valence-corrected chi connectivity index (χ2v) is 6.13. The van der Waals surface area contributed by atoms with Crippen LogP contribution in [0.15, 0.2) is 46.4 Å². The van der Waals surface area contributed by atoms with Crippen molar-refractivity contribution >= 4 is 29.2 Å². The van der Waals surface area contributed by atoms with E-state index in [9.17, 15) is 4.79 Å². The Morgan fingerprint density at radius 3 is 2.96 bits per heavy atom. The molecule has 0 radical (unpaired) electrons. The van der Waals surface area contributed by atoms with Crippen LogP contribution in [-0.4, -0.2) is 42.9 Å². The predicted octanol–water partition coefficient (Wildman–Crippen LogP) is 2.32. The third-order valence-electron chi connectivity index (χ3n) is 3.97. The molecule has 0 fully saturated rings. The molecule has 0 aliphatic heterocycles. The van der Waals surface area contributed by atoms with Crippen LogP contribution in [0, 0.1) is 6.92 Å². The summed E-state index contributed by atoms with van der Waals surface area (Å²) in [6, 6.07) is 8.50. The van der Waals surface area contributed by atoms with Crippen molar-refractivity contribution < 1.29 is 4.74 Å². The summed E-state index contributed by atoms with van der Waals surface area (Å²) in [6.45, 7) is 1.78. The number of aromatic amines is 1. The molecule has 0 aliphatic carbocycles. The second-order valence-electron chi connectivity index (χ2n) is 5.69. The highest BCUT2D eigenvalue weighted by atomic mass is 35.5. The fourth-order valence-electron chi connectivity index (χ4n) is 2.61. The number of H-pyrrole nitrogens is 1. The first kappa shape index (κ1) is 17.0. The first-order chi connectivity index (χ1) is 13.1. The van der Waals surface area contributed by atoms with Gasteiger partial charge in [-0.2, -0.15) is 9.20 Å². The van der Waals surface area contributed by atoms with Crippen LogP contribution in [0.2, 0.25) is 5.02 Å². The highest BCUT2D eigenvalue weighted by molar-refractivity contribution is 6.30. The van der Waals surface area contributed by atoms with E-state index in [0.29, 0.717) is 39.2 Å². The largest absolute Gasteiger partial charge is 0.494 e. The number of rotatable bonds is 4. The Balaban J connectivity index is 1.75. The highest BCUT2D eigenvalue weighted by Gasteiger charge is 2.13. The maximum Gasteiger partial charge on any atom is 0.281 e. The Labute approximate surface area is 157 Å². The van der Waals surface area contributed by atoms with Crippen molar-refractivity contribution in [3.05, 3.63) is 63.3 Å². The Hall–Kier alpha value is -3.46. The molecule has 1 aromatic carbocycles. The topological polar surface area (TPSA) is 102 Å². The number of halogens is 1. The molecular formula is C17H14ClN7O2. The van der Waals surface area contributed by atoms with Crippen molar-refractivity contribution in [2.45, 2.75) is 6.92 Å². The Morgan fingerprint density at radius 2 is 2.15 bits per heavy atom. The predicted molar refractivity (Wildman–Crippen MR) is 101 cm³/mol. The average Bonchev–Trinajstić information content (AvgIpc) is 3.24. The van der Waals surface area contributed by atoms with Crippen LogP contribution in [0.1, 0.15) is 11.3 Å². The third-order valence-corrected chi connectivity index (χ3v) is 4.20. The molecule has 0 aliphatic rings. The number of benzene rings is 1. The van der Waals surface area contributed by atoms with Crippen LogP contribution in [0.4, 0.5) is 5.69 Å². The van der Waals surface area contributed by atoms with Gasteiger partial charge in [0.15, 0.2) is 11.5 Å². The van der Waals surface area contributed by atoms with Crippen molar-refractivity contribution in [1.82, 2.24) is 29.6 Å². The lowest BCUT2D eigenvalue weighted by Crippen LogP contribution is -2.19. The van der Waals surface area contributed by atoms with E-state index in [2.05, 4.69) is 25.4 Å². The Kier molecular flexibility index (Phi) is 4.21. The SMILES string of the molecule is COc1ccc(Cl)cc1N=Cc1c(C)[nH]n(-c2ccc3nncn3n2)c1=O. The van der Waals surface area contributed by atoms with Gasteiger partial charge in [0.05, 0.1) is 12.7 Å². The summed E-state index contributed by atoms with van der Waals surface area (Å²) in [4.78, 5) is 17.2. The molecule has 4 rings (SSSR count). The first-order valence-corrected chi connectivity index (χ1v) is 8.31. The van der Waals surface area contributed by atoms with Crippen LogP contribution in [0.25, 0.3) is 11.5 Å². The van der Waals surface area contributed by atoms with Crippen molar-refractivity contribution in [1.29, 1.82) is 0 Å². The smallest absolute Gasteiger partial charge is 0.281 e. The number of methoxy groups -OCH3 is 1. The fraction of sp³-hybridized carbons (Fsp3) is 0.118. The summed E-state index contributed by atoms with van der Waals surface area (Å²) in [6.07, 6.45) is 2.95. The number of fused-ring (bicyclic) bond motifs is 1. The minimum absolute atomic E-state index is 0.280. The molecule has 3 heterocycles. The lowest BCUT2D eigenvalue weighted by molar-refractivity contribution is 0.416. The molecule has 0 amide bonds. The summed E-state index contributed by atoms with van der Waals surface area (Å²) < 4.78 is 8.10. The summed E-state index contributed by atoms with van der Waals surface area (Å²) >= 11 is 6.02. The number of aliphatic imine (C=N–C) groups is 1. The number of nitrogens with zero attached hydrogens (tertiary/aromatic N) is 6. The van der Waals surface area contributed by atoms with E-state index in [1.165, 1.54) is 21.7 Å². The van der Waals surface area contributed by atoms with Gasteiger partial charge in [-0.05, 0) is 37.3 Å². The lowest BCUT2D eigenvalue weighted by Gasteiger charge is -2.03. The molecule has 3 aromatic heterocycles. The number of nitrogens with one attached hydrogen (secondary N) is 1. The van der Waals surface area contributed by atoms with E-state index in [4.69, 9.17) is 16.3 Å². The molecule has 0 bridgehead atoms. The van der Waals surface area contributed by atoms with Gasteiger partial charge in [-0.25, -0.2) is 0 Å². The molecule has 0 saturated carbocycles. The van der Waals surface area contributed by atoms with Gasteiger partial charge in [-0.1, -0.05) is 11.6 Å². The van der Waals surface area contributed by atoms with Crippen LogP contribution >= 0.6 is 11.6 Å². The van der Waals surface area contributed by atoms with E-state index < -0.39 is 0 Å². The number of aryl methyl sites for hydroxylation is 1. The molecule has 0 spiro atoms. The molecule has 0 saturated heterocycles. The van der Waals surface area contributed by atoms with Gasteiger partial charge in [0.2, 0.25) is 0 Å². The Bertz CT molecular complexity index is 1220. The summed E-state index contributed by atoms with van der Waals surface area (Å²) in [5.74, 6) is 0.972. The van der Waals surface area contributed by atoms with Gasteiger partial charge in [-0.15, -0.1) is 15.3 Å². The second kappa shape index (κ2) is 6.69. The maximum absolute atomic E-state index is 12.8. The van der Waals surface area contributed by atoms with Gasteiger partial charge in [0.25, 0.3) is 5.56 Å². The van der Waals surface area contributed by atoms with Gasteiger partial charge >= 0.3 is 0 Å². The van der Waals surface area contributed by atoms with Crippen LogP contribution in [-0.2, 0) is 0 Å². The molecule has 136 valence electrons. The van der Waals surface area contributed by atoms with E-state index in [0.717, 1.165) is 0 Å². The maximum atomic E-state index is 12.8. The molecule has 10 heteroatoms. The number of aromatic nitrogens is 6. The molecular weight excluding hydrogens is 370 g/mol. The van der Waals surface area contributed by atoms with Crippen molar-refractivity contribution in [2.75, 3.05) is 7.11 Å². The van der Waals surface area contributed by atoms with E-state index >= 15 is 0 Å². The quantitative estimate of drug-likeness (QED) is 0.545. The van der Waals surface area contributed by atoms with Crippen molar-refractivity contribution in [3.8, 4) is 11.6 Å². The van der Waals surface area contributed by atoms with Gasteiger partial charge in [0.1, 0.15) is 17.8 Å². The lowest BCUT2D eigenvalue weighted by atomic mass is 10.2. The fourth-order valence-corrected chi connectivity index (χ4v) is 2.78. The van der Waals surface area contributed by atoms with Crippen molar-refractivity contribution in [2.24, 2.45) is 4.99 Å². The Morgan fingerprint density at radius 1 is 1.30 bits per heavy atom. The normalized spacial score (nSPS) is 11.5. The molecule has 4 aromatic rings. The molecule has 9 nitrogen and oxygen atoms in total. The molecule has 27 heavy (non-hydrogen) atoms. The van der Waals surface area contributed by atoms with Gasteiger partial charge in [-0.3, -0.25) is 14.9 Å². The summed E-state index contributed by atoms with van der Waals surface area (Å²) in [7, 11) is 1.55. The monoisotopic (exact) mass is 383 g/mol. The standard InChI is InChI=1S/C17H14ClN7O2/c1-10-12(8-19-13-7-11(18)3-4-14(13)27-2)17(26)25(22-10)16-6-5-15-21-20-9-24(15)23-16/h3-9,22H,1-2H3. The van der Waals surface area contributed by atoms with E-state index in [1.807, 2.05) is 0 Å². The zero-order chi connectivity index (χ0) is 19.0. The highest BCUT2D eigenvalue weighted by Crippen LogP contribution is 2.30. The average molecular weight is 384 g/mol. The minimum atomic E-state index is -0.280. The van der Waals surface area contributed by atoms with E-state index in [1.54, 1.807) is 44.4 Å². The third kappa shape index (κ3) is 3.08. The molecule has 1 N–H and O–H groups in total. The number of ether oxygens (including phenoxy) is 1. The summed E-state index contributed by atoms with van der Waals surface area (Å²) in [5, 5.41) is 15.5. The van der Waals surface area contributed by atoms with Crippen LogP contribution < -0.4 is 10.3 Å². The van der Waals surface area contributed by atoms with Crippen LogP contribution in [0.5, 0.6) is 5.75 Å². The van der Waals surface area contributed by atoms with Crippen molar-refractivity contribution in [3.63, 3.8) is 0 Å². The van der Waals surface area contributed by atoms with Gasteiger partial charge < -0.3 is 4.74 Å². The van der Waals surface area contributed by atoms with E-state index in [-0.39, 0.29) is 5.56 Å². The number of hydrogen-bond donors (Lipinski definition) is 1. The first-order valence-electron chi connectivity index (χ1n) is 7.93. The van der Waals surface area contributed by atoms with Gasteiger partial charge in [0, 0.05) is 16.9 Å². The zero-order valence-corrected chi connectivity index (χ0v) is 15.2. The van der Waals surface area contributed by atoms with Crippen LogP contribution in [0.3, 0.4) is 0 Å². The summed E-state index contributed by atoms with van der Waals surface area (Å²) in [5.41, 5.74) is 1.89. The molecule has 0 atom stereocenters. The minimum Gasteiger partial charge on any atom is -0.494 e. The molecule has 0 unspecified atom stereocenters.